The van der Waals surface area contributed by atoms with E-state index in [4.69, 9.17) is 0 Å². The first kappa shape index (κ1) is 34.4. The molecule has 1 nitrogen and oxygen atoms in total. The minimum atomic E-state index is 0. The Labute approximate surface area is 227 Å². The molecule has 0 aliphatic heterocycles. The third-order valence-corrected chi connectivity index (χ3v) is 7.55. The number of pyridine rings is 1. The maximum atomic E-state index is 2.30. The van der Waals surface area contributed by atoms with Crippen LogP contribution < -0.4 is 17.0 Å². The Bertz CT molecular complexity index is 489. The van der Waals surface area contributed by atoms with Gasteiger partial charge in [0.15, 0.2) is 12.4 Å². The van der Waals surface area contributed by atoms with Gasteiger partial charge in [-0.3, -0.25) is 0 Å². The molecule has 2 heteroatoms. The Morgan fingerprint density at radius 3 is 0.886 bits per heavy atom. The van der Waals surface area contributed by atoms with E-state index in [2.05, 4.69) is 42.1 Å². The van der Waals surface area contributed by atoms with Crippen molar-refractivity contribution in [3.8, 4) is 0 Å². The third-order valence-electron chi connectivity index (χ3n) is 7.55. The van der Waals surface area contributed by atoms with Gasteiger partial charge in [-0.15, -0.1) is 0 Å². The van der Waals surface area contributed by atoms with Crippen LogP contribution in [-0.2, 0) is 6.54 Å². The summed E-state index contributed by atoms with van der Waals surface area (Å²) in [5.41, 5.74) is 0. The van der Waals surface area contributed by atoms with Crippen LogP contribution in [-0.4, -0.2) is 0 Å². The lowest BCUT2D eigenvalue weighted by Gasteiger charge is -2.04. The summed E-state index contributed by atoms with van der Waals surface area (Å²) in [6.45, 7) is 3.49. The van der Waals surface area contributed by atoms with Gasteiger partial charge in [-0.05, 0) is 6.42 Å². The van der Waals surface area contributed by atoms with E-state index in [1.54, 1.807) is 0 Å². The average molecular weight is 508 g/mol. The molecule has 1 heterocycles. The van der Waals surface area contributed by atoms with Crippen LogP contribution in [0.3, 0.4) is 0 Å². The summed E-state index contributed by atoms with van der Waals surface area (Å²) in [7, 11) is 0. The van der Waals surface area contributed by atoms with Gasteiger partial charge in [-0.2, -0.15) is 0 Å². The molecule has 0 amide bonds. The molecule has 0 saturated carbocycles. The molecule has 0 N–H and O–H groups in total. The first-order valence-electron chi connectivity index (χ1n) is 15.9. The summed E-state index contributed by atoms with van der Waals surface area (Å²) in [4.78, 5) is 0. The van der Waals surface area contributed by atoms with Gasteiger partial charge in [-0.25, -0.2) is 4.57 Å². The van der Waals surface area contributed by atoms with Gasteiger partial charge in [-0.1, -0.05) is 167 Å². The molecule has 0 fully saturated rings. The Hall–Kier alpha value is -0.560. The van der Waals surface area contributed by atoms with Gasteiger partial charge in [0.2, 0.25) is 0 Å². The van der Waals surface area contributed by atoms with E-state index in [9.17, 15) is 0 Å². The molecule has 1 rings (SSSR count). The second-order valence-electron chi connectivity index (χ2n) is 11.0. The van der Waals surface area contributed by atoms with E-state index in [1.807, 2.05) is 0 Å². The van der Waals surface area contributed by atoms with Gasteiger partial charge in [0, 0.05) is 18.6 Å². The van der Waals surface area contributed by atoms with Gasteiger partial charge in [0.1, 0.15) is 6.54 Å². The molecule has 1 aromatic heterocycles. The van der Waals surface area contributed by atoms with Crippen molar-refractivity contribution < 1.29 is 17.0 Å². The zero-order valence-electron chi connectivity index (χ0n) is 23.8. The predicted molar refractivity (Wildman–Crippen MR) is 152 cm³/mol. The Kier molecular flexibility index (Phi) is 29.2. The largest absolute Gasteiger partial charge is 1.00 e. The van der Waals surface area contributed by atoms with Crippen molar-refractivity contribution in [3.05, 3.63) is 30.6 Å². The summed E-state index contributed by atoms with van der Waals surface area (Å²) in [5, 5.41) is 0. The standard InChI is InChI=1S/C33H62N.ClH/c1-2-3-4-5-6-7-8-9-10-11-12-13-14-15-16-17-18-19-20-21-22-23-24-25-26-28-31-34-32-29-27-30-33-34;/h27,29-30,32-33H,2-26,28,31H2,1H3;1H/q+1;/p-1. The van der Waals surface area contributed by atoms with Crippen molar-refractivity contribution in [2.75, 3.05) is 0 Å². The van der Waals surface area contributed by atoms with Crippen molar-refractivity contribution in [2.24, 2.45) is 0 Å². The zero-order valence-corrected chi connectivity index (χ0v) is 24.6. The second-order valence-corrected chi connectivity index (χ2v) is 11.0. The predicted octanol–water partition coefficient (Wildman–Crippen LogP) is 8.14. The number of aromatic nitrogens is 1. The van der Waals surface area contributed by atoms with Crippen molar-refractivity contribution in [3.63, 3.8) is 0 Å². The molecule has 0 bridgehead atoms. The minimum absolute atomic E-state index is 0. The van der Waals surface area contributed by atoms with E-state index in [0.29, 0.717) is 0 Å². The second kappa shape index (κ2) is 29.7. The van der Waals surface area contributed by atoms with Crippen LogP contribution in [0, 0.1) is 0 Å². The van der Waals surface area contributed by atoms with E-state index >= 15 is 0 Å². The summed E-state index contributed by atoms with van der Waals surface area (Å²) < 4.78 is 2.30. The molecule has 0 radical (unpaired) electrons. The van der Waals surface area contributed by atoms with E-state index in [0.717, 1.165) is 0 Å². The maximum absolute atomic E-state index is 2.30. The number of rotatable bonds is 27. The fourth-order valence-electron chi connectivity index (χ4n) is 5.19. The highest BCUT2D eigenvalue weighted by Gasteiger charge is 1.98. The average Bonchev–Trinajstić information content (AvgIpc) is 2.87. The van der Waals surface area contributed by atoms with E-state index < -0.39 is 0 Å². The maximum Gasteiger partial charge on any atom is 0.168 e. The lowest BCUT2D eigenvalue weighted by Crippen LogP contribution is -3.00. The number of hydrogen-bond donors (Lipinski definition) is 0. The van der Waals surface area contributed by atoms with Crippen LogP contribution in [0.15, 0.2) is 30.6 Å². The van der Waals surface area contributed by atoms with Crippen LogP contribution in [0.1, 0.15) is 174 Å². The van der Waals surface area contributed by atoms with Crippen molar-refractivity contribution in [1.29, 1.82) is 0 Å². The van der Waals surface area contributed by atoms with Crippen molar-refractivity contribution in [2.45, 2.75) is 180 Å². The molecule has 0 aliphatic carbocycles. The summed E-state index contributed by atoms with van der Waals surface area (Å²) in [6.07, 6.45) is 42.4. The molecule has 0 aromatic carbocycles. The van der Waals surface area contributed by atoms with Crippen LogP contribution in [0.4, 0.5) is 0 Å². The highest BCUT2D eigenvalue weighted by molar-refractivity contribution is 4.83. The molecule has 35 heavy (non-hydrogen) atoms. The molecule has 0 aliphatic rings. The Morgan fingerprint density at radius 1 is 0.343 bits per heavy atom. The van der Waals surface area contributed by atoms with Gasteiger partial charge in [0.05, 0.1) is 0 Å². The number of unbranched alkanes of at least 4 members (excludes halogenated alkanes) is 25. The first-order chi connectivity index (χ1) is 16.9. The van der Waals surface area contributed by atoms with Crippen LogP contribution in [0.2, 0.25) is 0 Å². The lowest BCUT2D eigenvalue weighted by atomic mass is 10.0. The van der Waals surface area contributed by atoms with Crippen LogP contribution >= 0.6 is 0 Å². The summed E-state index contributed by atoms with van der Waals surface area (Å²) in [6, 6.07) is 6.35. The fraction of sp³-hybridized carbons (Fsp3) is 0.848. The Morgan fingerprint density at radius 2 is 0.600 bits per heavy atom. The lowest BCUT2D eigenvalue weighted by molar-refractivity contribution is -0.697. The third kappa shape index (κ3) is 26.3. The molecule has 0 spiro atoms. The van der Waals surface area contributed by atoms with Gasteiger partial charge < -0.3 is 12.4 Å². The van der Waals surface area contributed by atoms with E-state index in [1.165, 1.54) is 173 Å². The van der Waals surface area contributed by atoms with Gasteiger partial charge in [0.25, 0.3) is 0 Å². The number of nitrogens with zero attached hydrogens (tertiary/aromatic N) is 1. The zero-order chi connectivity index (χ0) is 24.2. The smallest absolute Gasteiger partial charge is 0.168 e. The first-order valence-corrected chi connectivity index (χ1v) is 15.9. The summed E-state index contributed by atoms with van der Waals surface area (Å²) >= 11 is 0. The monoisotopic (exact) mass is 507 g/mol. The molecular weight excluding hydrogens is 446 g/mol. The molecule has 1 aromatic rings. The van der Waals surface area contributed by atoms with Crippen molar-refractivity contribution >= 4 is 0 Å². The molecule has 0 saturated heterocycles. The molecule has 206 valence electrons. The molecule has 0 unspecified atom stereocenters. The number of halogens is 1. The molecular formula is C33H62ClN. The normalized spacial score (nSPS) is 11.0. The number of aryl methyl sites for hydroxylation is 1. The summed E-state index contributed by atoms with van der Waals surface area (Å²) in [5.74, 6) is 0. The quantitative estimate of drug-likeness (QED) is 0.0835. The van der Waals surface area contributed by atoms with Gasteiger partial charge >= 0.3 is 0 Å². The SMILES string of the molecule is CCCCCCCCCCCCCCCCCCCCCCCCCCCC[n+]1ccccc1.[Cl-]. The highest BCUT2D eigenvalue weighted by atomic mass is 35.5. The fourth-order valence-corrected chi connectivity index (χ4v) is 5.19. The Balaban J connectivity index is 0.0000116. The van der Waals surface area contributed by atoms with Crippen LogP contribution in [0.25, 0.3) is 0 Å². The minimum Gasteiger partial charge on any atom is -1.00 e. The van der Waals surface area contributed by atoms with Crippen molar-refractivity contribution in [1.82, 2.24) is 0 Å². The topological polar surface area (TPSA) is 3.88 Å². The van der Waals surface area contributed by atoms with E-state index in [-0.39, 0.29) is 12.4 Å². The molecule has 0 atom stereocenters. The highest BCUT2D eigenvalue weighted by Crippen LogP contribution is 2.15. The van der Waals surface area contributed by atoms with Crippen LogP contribution in [0.5, 0.6) is 0 Å². The number of hydrogen-bond acceptors (Lipinski definition) is 0.